The minimum absolute atomic E-state index is 0.0104. The number of nitrogens with one attached hydrogen (secondary N) is 1. The van der Waals surface area contributed by atoms with Crippen LogP contribution in [0.5, 0.6) is 0 Å². The van der Waals surface area contributed by atoms with E-state index in [0.29, 0.717) is 36.8 Å². The Morgan fingerprint density at radius 1 is 1.05 bits per heavy atom. The van der Waals surface area contributed by atoms with Crippen LogP contribution in [0.25, 0.3) is 10.8 Å². The number of nitrogens with zero attached hydrogens (tertiary/aromatic N) is 1. The minimum Gasteiger partial charge on any atom is -0.481 e. The normalized spacial score (nSPS) is 21.2. The lowest BCUT2D eigenvalue weighted by Crippen LogP contribution is -2.43. The van der Waals surface area contributed by atoms with Crippen LogP contribution in [-0.2, 0) is 14.4 Å². The number of carboxylic acids is 1. The molecule has 3 aromatic carbocycles. The number of piperidine rings is 1. The summed E-state index contributed by atoms with van der Waals surface area (Å²) in [6.07, 6.45) is 0.555. The molecule has 0 bridgehead atoms. The van der Waals surface area contributed by atoms with E-state index in [1.165, 1.54) is 23.3 Å². The van der Waals surface area contributed by atoms with E-state index in [4.69, 9.17) is 16.7 Å². The highest BCUT2D eigenvalue weighted by atomic mass is 35.5. The second-order valence-corrected chi connectivity index (χ2v) is 13.2. The van der Waals surface area contributed by atoms with Crippen molar-refractivity contribution in [1.29, 1.82) is 0 Å². The molecule has 1 saturated heterocycles. The zero-order valence-electron chi connectivity index (χ0n) is 23.4. The average Bonchev–Trinajstić information content (AvgIpc) is 3.04. The molecule has 1 amide bonds. The van der Waals surface area contributed by atoms with Gasteiger partial charge in [0.15, 0.2) is 0 Å². The number of Topliss-reactive ketones (excluding diaryl/α,β-unsaturated/α-hetero) is 1. The number of carbonyl (C=O) groups is 3. The summed E-state index contributed by atoms with van der Waals surface area (Å²) in [5, 5.41) is 15.0. The van der Waals surface area contributed by atoms with Gasteiger partial charge in [-0.1, -0.05) is 74.8 Å². The average molecular weight is 581 g/mol. The number of hydrogen-bond donors (Lipinski definition) is 2. The summed E-state index contributed by atoms with van der Waals surface area (Å²) in [6, 6.07) is 20.8. The fourth-order valence-electron chi connectivity index (χ4n) is 5.40. The third kappa shape index (κ3) is 7.06. The molecule has 0 aromatic heterocycles. The summed E-state index contributed by atoms with van der Waals surface area (Å²) >= 11 is 8.10. The topological polar surface area (TPSA) is 86.7 Å². The Bertz CT molecular complexity index is 1380. The molecule has 6 nitrogen and oxygen atoms in total. The molecule has 2 aliphatic rings. The molecule has 1 unspecified atom stereocenters. The standard InChI is InChI=1S/C24H24ClNOS.C8H13NO3/c1-24(2,3)15-26-21-12-11-17(25)13-20(21)23(28-14-22(26)27)19-10-6-8-16-7-4-5-9-18(16)19;1-5(10)7-4-9-3-2-6(7)8(11)12/h4-13,23H,14-15H2,1-3H3;6-7,9H,2-4H2,1H3,(H,11,12)/t;6-,7+/m.0/s1. The van der Waals surface area contributed by atoms with Gasteiger partial charge in [-0.05, 0) is 65.4 Å². The lowest BCUT2D eigenvalue weighted by Gasteiger charge is -2.30. The number of rotatable bonds is 4. The highest BCUT2D eigenvalue weighted by Gasteiger charge is 2.34. The number of amides is 1. The first-order chi connectivity index (χ1) is 19.0. The van der Waals surface area contributed by atoms with Crippen LogP contribution in [0.4, 0.5) is 5.69 Å². The van der Waals surface area contributed by atoms with Crippen LogP contribution < -0.4 is 10.2 Å². The number of hydrogen-bond acceptors (Lipinski definition) is 5. The Labute approximate surface area is 245 Å². The minimum atomic E-state index is -0.850. The molecule has 0 aliphatic carbocycles. The predicted octanol–water partition coefficient (Wildman–Crippen LogP) is 6.59. The van der Waals surface area contributed by atoms with Gasteiger partial charge in [-0.15, -0.1) is 11.8 Å². The van der Waals surface area contributed by atoms with Gasteiger partial charge in [0.05, 0.1) is 16.9 Å². The first kappa shape index (κ1) is 30.1. The number of aliphatic carboxylic acids is 1. The number of fused-ring (bicyclic) bond motifs is 2. The third-order valence-corrected chi connectivity index (χ3v) is 8.79. The molecule has 40 heavy (non-hydrogen) atoms. The molecular formula is C32H37ClN2O4S. The molecule has 5 rings (SSSR count). The Hall–Kier alpha value is -2.87. The van der Waals surface area contributed by atoms with Crippen molar-refractivity contribution < 1.29 is 19.5 Å². The monoisotopic (exact) mass is 580 g/mol. The van der Waals surface area contributed by atoms with E-state index in [0.717, 1.165) is 11.3 Å². The van der Waals surface area contributed by atoms with Crippen LogP contribution in [-0.4, -0.2) is 48.2 Å². The molecule has 212 valence electrons. The molecule has 0 saturated carbocycles. The van der Waals surface area contributed by atoms with Gasteiger partial charge in [-0.25, -0.2) is 0 Å². The third-order valence-electron chi connectivity index (χ3n) is 7.30. The largest absolute Gasteiger partial charge is 0.481 e. The highest BCUT2D eigenvalue weighted by Crippen LogP contribution is 2.46. The zero-order chi connectivity index (χ0) is 29.0. The fraction of sp³-hybridized carbons (Fsp3) is 0.406. The van der Waals surface area contributed by atoms with Crippen LogP contribution >= 0.6 is 23.4 Å². The lowest BCUT2D eigenvalue weighted by atomic mass is 9.84. The molecule has 2 heterocycles. The van der Waals surface area contributed by atoms with Crippen LogP contribution in [0.2, 0.25) is 5.02 Å². The second-order valence-electron chi connectivity index (χ2n) is 11.7. The van der Waals surface area contributed by atoms with E-state index < -0.39 is 11.9 Å². The van der Waals surface area contributed by atoms with Crippen LogP contribution in [0.15, 0.2) is 60.7 Å². The summed E-state index contributed by atoms with van der Waals surface area (Å²) < 4.78 is 0. The number of anilines is 1. The summed E-state index contributed by atoms with van der Waals surface area (Å²) in [5.74, 6) is -1.09. The maximum atomic E-state index is 13.1. The number of ketones is 1. The Morgan fingerprint density at radius 3 is 2.45 bits per heavy atom. The van der Waals surface area contributed by atoms with Crippen molar-refractivity contribution in [3.63, 3.8) is 0 Å². The number of carboxylic acid groups (broad SMARTS) is 1. The molecule has 2 aliphatic heterocycles. The van der Waals surface area contributed by atoms with Crippen LogP contribution in [0.1, 0.15) is 50.5 Å². The van der Waals surface area contributed by atoms with Crippen molar-refractivity contribution in [3.05, 3.63) is 76.8 Å². The van der Waals surface area contributed by atoms with E-state index in [1.807, 2.05) is 23.1 Å². The molecule has 1 fully saturated rings. The van der Waals surface area contributed by atoms with Gasteiger partial charge in [0.25, 0.3) is 0 Å². The van der Waals surface area contributed by atoms with Gasteiger partial charge in [0.1, 0.15) is 5.78 Å². The van der Waals surface area contributed by atoms with Gasteiger partial charge in [-0.2, -0.15) is 0 Å². The quantitative estimate of drug-likeness (QED) is 0.362. The molecule has 0 spiro atoms. The van der Waals surface area contributed by atoms with Gasteiger partial charge in [-0.3, -0.25) is 14.4 Å². The van der Waals surface area contributed by atoms with Gasteiger partial charge < -0.3 is 15.3 Å². The molecule has 2 N–H and O–H groups in total. The van der Waals surface area contributed by atoms with E-state index in [2.05, 4.69) is 68.6 Å². The van der Waals surface area contributed by atoms with Gasteiger partial charge in [0, 0.05) is 29.7 Å². The molecule has 3 aromatic rings. The first-order valence-electron chi connectivity index (χ1n) is 13.6. The molecule has 8 heteroatoms. The predicted molar refractivity (Wildman–Crippen MR) is 164 cm³/mol. The molecular weight excluding hydrogens is 544 g/mol. The summed E-state index contributed by atoms with van der Waals surface area (Å²) in [6.45, 7) is 9.83. The van der Waals surface area contributed by atoms with Gasteiger partial charge in [0.2, 0.25) is 5.91 Å². The van der Waals surface area contributed by atoms with E-state index in [1.54, 1.807) is 11.8 Å². The smallest absolute Gasteiger partial charge is 0.307 e. The van der Waals surface area contributed by atoms with Crippen LogP contribution in [0, 0.1) is 17.3 Å². The van der Waals surface area contributed by atoms with Crippen molar-refractivity contribution in [2.45, 2.75) is 39.4 Å². The van der Waals surface area contributed by atoms with E-state index >= 15 is 0 Å². The summed E-state index contributed by atoms with van der Waals surface area (Å²) in [7, 11) is 0. The summed E-state index contributed by atoms with van der Waals surface area (Å²) in [5.41, 5.74) is 3.34. The SMILES string of the molecule is CC(=O)[C@H]1CNCC[C@@H]1C(=O)O.CC(C)(C)CN1C(=O)CSC(c2cccc3ccccc23)c2cc(Cl)ccc21. The fourth-order valence-corrected chi connectivity index (χ4v) is 6.80. The van der Waals surface area contributed by atoms with Crippen LogP contribution in [0.3, 0.4) is 0 Å². The second kappa shape index (κ2) is 12.8. The van der Waals surface area contributed by atoms with Crippen molar-refractivity contribution in [2.75, 3.05) is 30.3 Å². The number of carbonyl (C=O) groups excluding carboxylic acids is 2. The van der Waals surface area contributed by atoms with Crippen molar-refractivity contribution in [3.8, 4) is 0 Å². The molecule has 3 atom stereocenters. The number of benzene rings is 3. The lowest BCUT2D eigenvalue weighted by molar-refractivity contribution is -0.147. The van der Waals surface area contributed by atoms with Gasteiger partial charge >= 0.3 is 5.97 Å². The van der Waals surface area contributed by atoms with Crippen molar-refractivity contribution >= 4 is 57.5 Å². The highest BCUT2D eigenvalue weighted by molar-refractivity contribution is 8.00. The maximum Gasteiger partial charge on any atom is 0.307 e. The van der Waals surface area contributed by atoms with E-state index in [9.17, 15) is 14.4 Å². The van der Waals surface area contributed by atoms with Crippen molar-refractivity contribution in [1.82, 2.24) is 5.32 Å². The Kier molecular flexibility index (Phi) is 9.60. The number of thioether (sulfide) groups is 1. The Balaban J connectivity index is 0.000000259. The summed E-state index contributed by atoms with van der Waals surface area (Å²) in [4.78, 5) is 36.7. The first-order valence-corrected chi connectivity index (χ1v) is 15.0. The van der Waals surface area contributed by atoms with E-state index in [-0.39, 0.29) is 28.3 Å². The zero-order valence-corrected chi connectivity index (χ0v) is 25.0. The van der Waals surface area contributed by atoms with Crippen molar-refractivity contribution in [2.24, 2.45) is 17.3 Å². The Morgan fingerprint density at radius 2 is 1.77 bits per heavy atom. The molecule has 0 radical (unpaired) electrons. The number of halogens is 1. The maximum absolute atomic E-state index is 13.1.